The fourth-order valence-electron chi connectivity index (χ4n) is 4.32. The van der Waals surface area contributed by atoms with Crippen molar-refractivity contribution in [2.45, 2.75) is 44.7 Å². The Labute approximate surface area is 151 Å². The number of nitrogens with zero attached hydrogens (tertiary/aromatic N) is 4. The van der Waals surface area contributed by atoms with Gasteiger partial charge in [-0.1, -0.05) is 0 Å². The highest BCUT2D eigenvalue weighted by Gasteiger charge is 2.50. The van der Waals surface area contributed by atoms with Gasteiger partial charge >= 0.3 is 5.97 Å². The molecule has 2 amide bonds. The Hall–Kier alpha value is -2.38. The van der Waals surface area contributed by atoms with E-state index in [9.17, 15) is 19.5 Å². The quantitative estimate of drug-likeness (QED) is 0.848. The first-order valence-corrected chi connectivity index (χ1v) is 9.24. The van der Waals surface area contributed by atoms with Crippen LogP contribution < -0.4 is 0 Å². The van der Waals surface area contributed by atoms with Crippen LogP contribution in [0.15, 0.2) is 18.7 Å². The molecule has 2 saturated heterocycles. The van der Waals surface area contributed by atoms with E-state index in [-0.39, 0.29) is 29.7 Å². The van der Waals surface area contributed by atoms with Gasteiger partial charge in [-0.2, -0.15) is 0 Å². The second-order valence-corrected chi connectivity index (χ2v) is 7.91. The number of aromatic nitrogens is 2. The van der Waals surface area contributed by atoms with Gasteiger partial charge in [-0.05, 0) is 37.5 Å². The number of likely N-dealkylation sites (tertiary alicyclic amines) is 2. The summed E-state index contributed by atoms with van der Waals surface area (Å²) in [5.74, 6) is -0.672. The topological polar surface area (TPSA) is 95.7 Å². The van der Waals surface area contributed by atoms with Crippen molar-refractivity contribution in [1.82, 2.24) is 19.4 Å². The largest absolute Gasteiger partial charge is 0.480 e. The highest BCUT2D eigenvalue weighted by molar-refractivity contribution is 5.84. The van der Waals surface area contributed by atoms with Crippen LogP contribution in [0.5, 0.6) is 0 Å². The molecular weight excluding hydrogens is 336 g/mol. The third-order valence-corrected chi connectivity index (χ3v) is 6.05. The highest BCUT2D eigenvalue weighted by atomic mass is 16.4. The fraction of sp³-hybridized carbons (Fsp3) is 0.667. The zero-order chi connectivity index (χ0) is 18.3. The first kappa shape index (κ1) is 17.1. The number of carboxylic acids is 1. The van der Waals surface area contributed by atoms with Crippen LogP contribution >= 0.6 is 0 Å². The molecule has 3 fully saturated rings. The lowest BCUT2D eigenvalue weighted by Crippen LogP contribution is -2.45. The van der Waals surface area contributed by atoms with Crippen molar-refractivity contribution in [3.63, 3.8) is 0 Å². The molecule has 0 aromatic carbocycles. The molecule has 1 saturated carbocycles. The van der Waals surface area contributed by atoms with E-state index in [0.717, 1.165) is 25.7 Å². The number of amides is 2. The van der Waals surface area contributed by atoms with Crippen molar-refractivity contribution in [1.29, 1.82) is 0 Å². The number of carbonyl (C=O) groups excluding carboxylic acids is 2. The van der Waals surface area contributed by atoms with Gasteiger partial charge < -0.3 is 19.5 Å². The number of piperidine rings is 1. The predicted octanol–water partition coefficient (Wildman–Crippen LogP) is 0.587. The maximum atomic E-state index is 12.7. The van der Waals surface area contributed by atoms with Gasteiger partial charge in [0.25, 0.3) is 0 Å². The van der Waals surface area contributed by atoms with Crippen LogP contribution in [-0.4, -0.2) is 67.9 Å². The summed E-state index contributed by atoms with van der Waals surface area (Å²) in [5, 5.41) is 9.62. The molecule has 140 valence electrons. The summed E-state index contributed by atoms with van der Waals surface area (Å²) >= 11 is 0. The lowest BCUT2D eigenvalue weighted by molar-refractivity contribution is -0.148. The first-order valence-electron chi connectivity index (χ1n) is 9.24. The van der Waals surface area contributed by atoms with E-state index in [2.05, 4.69) is 4.98 Å². The standard InChI is InChI=1S/C18H24N4O4/c23-15(10-20-8-5-19-12-20)22-11-18(9-14(22)17(25)26)3-6-21(7-4-18)16(24)13-1-2-13/h5,8,12-14H,1-4,6-7,9-11H2,(H,25,26). The van der Waals surface area contributed by atoms with E-state index < -0.39 is 12.0 Å². The summed E-state index contributed by atoms with van der Waals surface area (Å²) < 4.78 is 1.66. The van der Waals surface area contributed by atoms with Gasteiger partial charge in [0.2, 0.25) is 11.8 Å². The molecule has 1 aromatic rings. The number of hydrogen-bond donors (Lipinski definition) is 1. The minimum Gasteiger partial charge on any atom is -0.480 e. The second-order valence-electron chi connectivity index (χ2n) is 7.91. The number of imidazole rings is 1. The summed E-state index contributed by atoms with van der Waals surface area (Å²) in [5.41, 5.74) is -0.187. The average Bonchev–Trinajstić information content (AvgIpc) is 3.23. The van der Waals surface area contributed by atoms with E-state index in [1.54, 1.807) is 23.3 Å². The van der Waals surface area contributed by atoms with Gasteiger partial charge in [0.05, 0.1) is 6.33 Å². The summed E-state index contributed by atoms with van der Waals surface area (Å²) in [6.07, 6.45) is 8.86. The summed E-state index contributed by atoms with van der Waals surface area (Å²) in [6.45, 7) is 1.91. The molecule has 1 unspecified atom stereocenters. The van der Waals surface area contributed by atoms with Gasteiger partial charge in [0.1, 0.15) is 12.6 Å². The highest BCUT2D eigenvalue weighted by Crippen LogP contribution is 2.44. The van der Waals surface area contributed by atoms with E-state index in [1.807, 2.05) is 4.90 Å². The van der Waals surface area contributed by atoms with Gasteiger partial charge in [0.15, 0.2) is 0 Å². The lowest BCUT2D eigenvalue weighted by atomic mass is 9.76. The zero-order valence-corrected chi connectivity index (χ0v) is 14.7. The van der Waals surface area contributed by atoms with Crippen molar-refractivity contribution in [3.8, 4) is 0 Å². The zero-order valence-electron chi connectivity index (χ0n) is 14.7. The molecule has 2 aliphatic heterocycles. The Morgan fingerprint density at radius 3 is 2.50 bits per heavy atom. The minimum absolute atomic E-state index is 0.103. The molecular formula is C18H24N4O4. The van der Waals surface area contributed by atoms with Crippen molar-refractivity contribution >= 4 is 17.8 Å². The molecule has 0 radical (unpaired) electrons. The van der Waals surface area contributed by atoms with Crippen LogP contribution in [0.1, 0.15) is 32.1 Å². The Kier molecular flexibility index (Phi) is 4.20. The molecule has 1 spiro atoms. The van der Waals surface area contributed by atoms with Gasteiger partial charge in [-0.25, -0.2) is 9.78 Å². The molecule has 0 bridgehead atoms. The fourth-order valence-corrected chi connectivity index (χ4v) is 4.32. The van der Waals surface area contributed by atoms with Crippen molar-refractivity contribution in [3.05, 3.63) is 18.7 Å². The van der Waals surface area contributed by atoms with E-state index in [0.29, 0.717) is 26.1 Å². The number of rotatable bonds is 4. The maximum Gasteiger partial charge on any atom is 0.326 e. The average molecular weight is 360 g/mol. The molecule has 8 heteroatoms. The van der Waals surface area contributed by atoms with Crippen LogP contribution in [0.25, 0.3) is 0 Å². The maximum absolute atomic E-state index is 12.7. The van der Waals surface area contributed by atoms with Gasteiger partial charge in [-0.15, -0.1) is 0 Å². The molecule has 4 rings (SSSR count). The first-order chi connectivity index (χ1) is 12.5. The molecule has 8 nitrogen and oxygen atoms in total. The third kappa shape index (κ3) is 3.20. The Morgan fingerprint density at radius 2 is 1.92 bits per heavy atom. The Bertz CT molecular complexity index is 705. The number of aliphatic carboxylic acids is 1. The normalized spacial score (nSPS) is 24.8. The van der Waals surface area contributed by atoms with Crippen LogP contribution in [0, 0.1) is 11.3 Å². The monoisotopic (exact) mass is 360 g/mol. The summed E-state index contributed by atoms with van der Waals surface area (Å²) in [7, 11) is 0. The van der Waals surface area contributed by atoms with Crippen LogP contribution in [-0.2, 0) is 20.9 Å². The number of hydrogen-bond acceptors (Lipinski definition) is 4. The van der Waals surface area contributed by atoms with Gasteiger partial charge in [0, 0.05) is 37.9 Å². The minimum atomic E-state index is -0.947. The van der Waals surface area contributed by atoms with E-state index in [1.165, 1.54) is 4.90 Å². The van der Waals surface area contributed by atoms with E-state index >= 15 is 0 Å². The number of carboxylic acid groups (broad SMARTS) is 1. The molecule has 1 atom stereocenters. The van der Waals surface area contributed by atoms with Crippen molar-refractivity contribution in [2.24, 2.45) is 11.3 Å². The van der Waals surface area contributed by atoms with Crippen LogP contribution in [0.4, 0.5) is 0 Å². The van der Waals surface area contributed by atoms with Crippen LogP contribution in [0.3, 0.4) is 0 Å². The molecule has 1 aromatic heterocycles. The smallest absolute Gasteiger partial charge is 0.326 e. The molecule has 1 aliphatic carbocycles. The molecule has 3 aliphatic rings. The Morgan fingerprint density at radius 1 is 1.19 bits per heavy atom. The Balaban J connectivity index is 1.43. The lowest BCUT2D eigenvalue weighted by Gasteiger charge is -2.39. The third-order valence-electron chi connectivity index (χ3n) is 6.05. The number of carbonyl (C=O) groups is 3. The molecule has 26 heavy (non-hydrogen) atoms. The van der Waals surface area contributed by atoms with Crippen molar-refractivity contribution in [2.75, 3.05) is 19.6 Å². The molecule has 3 heterocycles. The van der Waals surface area contributed by atoms with E-state index in [4.69, 9.17) is 0 Å². The van der Waals surface area contributed by atoms with Gasteiger partial charge in [-0.3, -0.25) is 9.59 Å². The van der Waals surface area contributed by atoms with Crippen molar-refractivity contribution < 1.29 is 19.5 Å². The second kappa shape index (κ2) is 6.41. The summed E-state index contributed by atoms with van der Waals surface area (Å²) in [4.78, 5) is 44.0. The molecule has 1 N–H and O–H groups in total. The predicted molar refractivity (Wildman–Crippen MR) is 91.0 cm³/mol. The van der Waals surface area contributed by atoms with Crippen LogP contribution in [0.2, 0.25) is 0 Å². The summed E-state index contributed by atoms with van der Waals surface area (Å²) in [6, 6.07) is -0.781. The SMILES string of the molecule is O=C(O)C1CC2(CCN(C(=O)C3CC3)CC2)CN1C(=O)Cn1ccnc1.